The lowest BCUT2D eigenvalue weighted by Gasteiger charge is -2.36. The average molecular weight is 364 g/mol. The molecule has 0 aliphatic carbocycles. The highest BCUT2D eigenvalue weighted by atomic mass is 32.2. The van der Waals surface area contributed by atoms with E-state index in [0.717, 1.165) is 5.56 Å². The smallest absolute Gasteiger partial charge is 0.219 e. The summed E-state index contributed by atoms with van der Waals surface area (Å²) in [7, 11) is -2.12. The van der Waals surface area contributed by atoms with Crippen LogP contribution in [-0.4, -0.2) is 39.5 Å². The van der Waals surface area contributed by atoms with Crippen LogP contribution in [0.25, 0.3) is 0 Å². The van der Waals surface area contributed by atoms with Crippen LogP contribution in [-0.2, 0) is 15.8 Å². The van der Waals surface area contributed by atoms with E-state index in [1.165, 1.54) is 16.4 Å². The lowest BCUT2D eigenvalue weighted by Crippen LogP contribution is -2.49. The Morgan fingerprint density at radius 3 is 2.68 bits per heavy atom. The van der Waals surface area contributed by atoms with Gasteiger partial charge in [-0.3, -0.25) is 0 Å². The number of sulfonamides is 1. The molecule has 1 heterocycles. The molecule has 5 nitrogen and oxygen atoms in total. The van der Waals surface area contributed by atoms with Crippen LogP contribution in [0, 0.1) is 5.82 Å². The first kappa shape index (κ1) is 17.8. The van der Waals surface area contributed by atoms with Gasteiger partial charge in [0.2, 0.25) is 10.0 Å². The molecule has 1 aliphatic heterocycles. The van der Waals surface area contributed by atoms with Gasteiger partial charge in [-0.2, -0.15) is 4.31 Å². The van der Waals surface area contributed by atoms with Crippen molar-refractivity contribution >= 4 is 10.0 Å². The zero-order chi connectivity index (χ0) is 17.9. The Labute approximate surface area is 147 Å². The first-order valence-corrected chi connectivity index (χ1v) is 9.70. The first-order chi connectivity index (χ1) is 12.0. The Morgan fingerprint density at radius 2 is 1.92 bits per heavy atom. The van der Waals surface area contributed by atoms with Crippen molar-refractivity contribution in [3.8, 4) is 5.75 Å². The number of nitrogens with one attached hydrogen (secondary N) is 1. The number of halogens is 1. The number of para-hydroxylation sites is 1. The molecule has 2 aromatic rings. The quantitative estimate of drug-likeness (QED) is 0.885. The van der Waals surface area contributed by atoms with E-state index in [0.29, 0.717) is 25.4 Å². The fraction of sp³-hybridized carbons (Fsp3) is 0.333. The molecule has 1 unspecified atom stereocenters. The van der Waals surface area contributed by atoms with Crippen molar-refractivity contribution in [2.24, 2.45) is 0 Å². The molecule has 0 amide bonds. The van der Waals surface area contributed by atoms with Gasteiger partial charge in [0, 0.05) is 30.8 Å². The van der Waals surface area contributed by atoms with Gasteiger partial charge < -0.3 is 10.1 Å². The molecule has 1 fully saturated rings. The van der Waals surface area contributed by atoms with Gasteiger partial charge in [-0.15, -0.1) is 0 Å². The summed E-state index contributed by atoms with van der Waals surface area (Å²) in [5.74, 6) is -0.219. The summed E-state index contributed by atoms with van der Waals surface area (Å²) < 4.78 is 46.7. The van der Waals surface area contributed by atoms with E-state index in [2.05, 4.69) is 5.32 Å². The van der Waals surface area contributed by atoms with Crippen molar-refractivity contribution in [2.75, 3.05) is 26.7 Å². The topological polar surface area (TPSA) is 58.6 Å². The minimum Gasteiger partial charge on any atom is -0.496 e. The molecule has 1 aliphatic rings. The van der Waals surface area contributed by atoms with E-state index in [9.17, 15) is 12.8 Å². The molecule has 0 spiro atoms. The van der Waals surface area contributed by atoms with Gasteiger partial charge in [0.25, 0.3) is 0 Å². The van der Waals surface area contributed by atoms with Gasteiger partial charge >= 0.3 is 0 Å². The second-order valence-corrected chi connectivity index (χ2v) is 7.84. The number of hydrogen-bond acceptors (Lipinski definition) is 4. The normalized spacial score (nSPS) is 18.9. The monoisotopic (exact) mass is 364 g/mol. The van der Waals surface area contributed by atoms with Crippen molar-refractivity contribution in [2.45, 2.75) is 11.8 Å². The van der Waals surface area contributed by atoms with Crippen LogP contribution in [0.3, 0.4) is 0 Å². The zero-order valence-electron chi connectivity index (χ0n) is 14.0. The number of piperazine rings is 1. The molecular formula is C18H21FN2O3S. The van der Waals surface area contributed by atoms with E-state index in [-0.39, 0.29) is 17.4 Å². The van der Waals surface area contributed by atoms with Crippen LogP contribution in [0.2, 0.25) is 0 Å². The van der Waals surface area contributed by atoms with Gasteiger partial charge in [0.15, 0.2) is 0 Å². The molecule has 0 radical (unpaired) electrons. The molecule has 2 aromatic carbocycles. The van der Waals surface area contributed by atoms with Gasteiger partial charge in [0.05, 0.1) is 18.9 Å². The molecule has 25 heavy (non-hydrogen) atoms. The molecule has 1 atom stereocenters. The molecule has 0 saturated carbocycles. The second-order valence-electron chi connectivity index (χ2n) is 5.92. The Hall–Kier alpha value is -1.96. The zero-order valence-corrected chi connectivity index (χ0v) is 14.8. The standard InChI is InChI=1S/C18H21FN2O3S/c1-24-18-9-5-3-7-15(18)17-12-20-10-11-21(17)25(22,23)13-14-6-2-4-8-16(14)19/h2-9,17,20H,10-13H2,1H3. The number of hydrogen-bond donors (Lipinski definition) is 1. The highest BCUT2D eigenvalue weighted by molar-refractivity contribution is 7.88. The summed E-state index contributed by atoms with van der Waals surface area (Å²) >= 11 is 0. The summed E-state index contributed by atoms with van der Waals surface area (Å²) in [6, 6.07) is 13.0. The molecule has 134 valence electrons. The Balaban J connectivity index is 1.94. The summed E-state index contributed by atoms with van der Waals surface area (Å²) in [5, 5.41) is 3.23. The van der Waals surface area contributed by atoms with Gasteiger partial charge in [-0.25, -0.2) is 12.8 Å². The summed E-state index contributed by atoms with van der Waals surface area (Å²) in [6.07, 6.45) is 0. The van der Waals surface area contributed by atoms with Crippen LogP contribution in [0.15, 0.2) is 48.5 Å². The minimum absolute atomic E-state index is 0.180. The van der Waals surface area contributed by atoms with E-state index in [1.807, 2.05) is 24.3 Å². The Morgan fingerprint density at radius 1 is 1.20 bits per heavy atom. The summed E-state index contributed by atoms with van der Waals surface area (Å²) in [4.78, 5) is 0. The highest BCUT2D eigenvalue weighted by Gasteiger charge is 2.35. The SMILES string of the molecule is COc1ccccc1C1CNCCN1S(=O)(=O)Cc1ccccc1F. The predicted octanol–water partition coefficient (Wildman–Crippen LogP) is 2.31. The van der Waals surface area contributed by atoms with Crippen LogP contribution >= 0.6 is 0 Å². The van der Waals surface area contributed by atoms with Gasteiger partial charge in [-0.05, 0) is 12.1 Å². The van der Waals surface area contributed by atoms with E-state index in [4.69, 9.17) is 4.74 Å². The summed E-state index contributed by atoms with van der Waals surface area (Å²) in [5.41, 5.74) is 0.981. The Kier molecular flexibility index (Phi) is 5.36. The second kappa shape index (κ2) is 7.51. The average Bonchev–Trinajstić information content (AvgIpc) is 2.63. The third-order valence-electron chi connectivity index (χ3n) is 4.35. The number of benzene rings is 2. The molecule has 0 bridgehead atoms. The van der Waals surface area contributed by atoms with Gasteiger partial charge in [-0.1, -0.05) is 36.4 Å². The van der Waals surface area contributed by atoms with Crippen LogP contribution in [0.1, 0.15) is 17.2 Å². The maximum absolute atomic E-state index is 13.9. The first-order valence-electron chi connectivity index (χ1n) is 8.09. The third-order valence-corrected chi connectivity index (χ3v) is 6.17. The van der Waals surface area contributed by atoms with E-state index >= 15 is 0 Å². The van der Waals surface area contributed by atoms with Crippen LogP contribution in [0.5, 0.6) is 5.75 Å². The largest absolute Gasteiger partial charge is 0.496 e. The van der Waals surface area contributed by atoms with Crippen molar-refractivity contribution in [3.05, 3.63) is 65.5 Å². The van der Waals surface area contributed by atoms with Crippen molar-refractivity contribution in [3.63, 3.8) is 0 Å². The number of ether oxygens (including phenoxy) is 1. The summed E-state index contributed by atoms with van der Waals surface area (Å²) in [6.45, 7) is 1.37. The van der Waals surface area contributed by atoms with Gasteiger partial charge in [0.1, 0.15) is 11.6 Å². The van der Waals surface area contributed by atoms with Crippen molar-refractivity contribution < 1.29 is 17.5 Å². The third kappa shape index (κ3) is 3.84. The number of rotatable bonds is 5. The molecule has 3 rings (SSSR count). The lowest BCUT2D eigenvalue weighted by atomic mass is 10.0. The van der Waals surface area contributed by atoms with Crippen LogP contribution in [0.4, 0.5) is 4.39 Å². The fourth-order valence-corrected chi connectivity index (χ4v) is 4.86. The molecule has 0 aromatic heterocycles. The predicted molar refractivity (Wildman–Crippen MR) is 94.3 cm³/mol. The molecule has 1 saturated heterocycles. The molecule has 1 N–H and O–H groups in total. The van der Waals surface area contributed by atoms with E-state index < -0.39 is 15.8 Å². The van der Waals surface area contributed by atoms with Crippen molar-refractivity contribution in [1.29, 1.82) is 0 Å². The highest BCUT2D eigenvalue weighted by Crippen LogP contribution is 2.32. The van der Waals surface area contributed by atoms with Crippen molar-refractivity contribution in [1.82, 2.24) is 9.62 Å². The number of methoxy groups -OCH3 is 1. The van der Waals surface area contributed by atoms with E-state index in [1.54, 1.807) is 19.2 Å². The maximum atomic E-state index is 13.9. The number of nitrogens with zero attached hydrogens (tertiary/aromatic N) is 1. The Bertz CT molecular complexity index is 842. The maximum Gasteiger partial charge on any atom is 0.219 e. The van der Waals surface area contributed by atoms with Crippen LogP contribution < -0.4 is 10.1 Å². The lowest BCUT2D eigenvalue weighted by molar-refractivity contribution is 0.264. The molecular weight excluding hydrogens is 343 g/mol. The fourth-order valence-electron chi connectivity index (χ4n) is 3.12. The minimum atomic E-state index is -3.68. The molecule has 7 heteroatoms.